The molecule has 0 saturated heterocycles. The molecule has 192 valence electrons. The average molecular weight is 511 g/mol. The largest absolute Gasteiger partial charge is 0.497 e. The lowest BCUT2D eigenvalue weighted by atomic mass is 10.1. The average Bonchev–Trinajstić information content (AvgIpc) is 3.19. The molecular formula is C29H26N4O5. The Labute approximate surface area is 218 Å². The number of aromatic nitrogens is 4. The zero-order valence-corrected chi connectivity index (χ0v) is 21.0. The summed E-state index contributed by atoms with van der Waals surface area (Å²) in [6.45, 7) is 1.73. The number of carbonyl (C=O) groups excluding carboxylic acids is 1. The summed E-state index contributed by atoms with van der Waals surface area (Å²) in [7, 11) is 1.60. The lowest BCUT2D eigenvalue weighted by molar-refractivity contribution is 0.0990. The highest BCUT2D eigenvalue weighted by Crippen LogP contribution is 2.30. The summed E-state index contributed by atoms with van der Waals surface area (Å²) in [6.07, 6.45) is 3.15. The highest BCUT2D eigenvalue weighted by atomic mass is 16.5. The number of pyridine rings is 2. The Kier molecular flexibility index (Phi) is 7.01. The highest BCUT2D eigenvalue weighted by molar-refractivity contribution is 5.98. The molecule has 9 heteroatoms. The van der Waals surface area contributed by atoms with E-state index in [2.05, 4.69) is 9.97 Å². The SMILES string of the molecule is COc1ccc2c(Oc3ccc(CC(=O)c4c(C)n(CCO)n(-c5ccccc5)c4=O)nc3)ccnc2c1. The summed E-state index contributed by atoms with van der Waals surface area (Å²) in [4.78, 5) is 35.3. The number of fused-ring (bicyclic) bond motifs is 1. The third kappa shape index (κ3) is 4.79. The van der Waals surface area contributed by atoms with Crippen LogP contribution in [0.1, 0.15) is 21.7 Å². The number of rotatable bonds is 9. The lowest BCUT2D eigenvalue weighted by Gasteiger charge is -2.12. The molecule has 0 unspecified atom stereocenters. The van der Waals surface area contributed by atoms with Crippen molar-refractivity contribution in [2.45, 2.75) is 19.9 Å². The summed E-state index contributed by atoms with van der Waals surface area (Å²) in [5.74, 6) is 1.48. The first-order chi connectivity index (χ1) is 18.5. The van der Waals surface area contributed by atoms with Crippen molar-refractivity contribution < 1.29 is 19.4 Å². The molecule has 38 heavy (non-hydrogen) atoms. The molecule has 0 bridgehead atoms. The Morgan fingerprint density at radius 2 is 1.79 bits per heavy atom. The van der Waals surface area contributed by atoms with Crippen LogP contribution in [0.3, 0.4) is 0 Å². The molecule has 0 aliphatic heterocycles. The molecule has 3 aromatic heterocycles. The predicted molar refractivity (Wildman–Crippen MR) is 142 cm³/mol. The van der Waals surface area contributed by atoms with E-state index in [9.17, 15) is 14.7 Å². The first-order valence-corrected chi connectivity index (χ1v) is 12.1. The quantitative estimate of drug-likeness (QED) is 0.297. The van der Waals surface area contributed by atoms with E-state index in [0.29, 0.717) is 34.3 Å². The lowest BCUT2D eigenvalue weighted by Crippen LogP contribution is -2.25. The van der Waals surface area contributed by atoms with Crippen LogP contribution in [0.2, 0.25) is 0 Å². The van der Waals surface area contributed by atoms with Gasteiger partial charge in [-0.05, 0) is 49.4 Å². The van der Waals surface area contributed by atoms with Crippen molar-refractivity contribution in [1.82, 2.24) is 19.3 Å². The molecule has 9 nitrogen and oxygen atoms in total. The third-order valence-corrected chi connectivity index (χ3v) is 6.27. The maximum atomic E-state index is 13.3. The van der Waals surface area contributed by atoms with E-state index in [4.69, 9.17) is 9.47 Å². The number of nitrogens with zero attached hydrogens (tertiary/aromatic N) is 4. The first-order valence-electron chi connectivity index (χ1n) is 12.1. The van der Waals surface area contributed by atoms with Crippen LogP contribution < -0.4 is 15.0 Å². The monoisotopic (exact) mass is 510 g/mol. The molecular weight excluding hydrogens is 484 g/mol. The number of carbonyl (C=O) groups is 1. The summed E-state index contributed by atoms with van der Waals surface area (Å²) >= 11 is 0. The second kappa shape index (κ2) is 10.7. The number of hydrogen-bond acceptors (Lipinski definition) is 7. The molecule has 3 heterocycles. The minimum absolute atomic E-state index is 0.0493. The molecule has 5 aromatic rings. The van der Waals surface area contributed by atoms with Gasteiger partial charge in [-0.25, -0.2) is 4.68 Å². The number of para-hydroxylation sites is 1. The zero-order chi connectivity index (χ0) is 26.6. The normalized spacial score (nSPS) is 11.0. The van der Waals surface area contributed by atoms with Crippen LogP contribution in [-0.4, -0.2) is 43.9 Å². The van der Waals surface area contributed by atoms with E-state index in [1.807, 2.05) is 36.4 Å². The van der Waals surface area contributed by atoms with Crippen LogP contribution in [0.15, 0.2) is 83.9 Å². The number of hydrogen-bond donors (Lipinski definition) is 1. The molecule has 0 radical (unpaired) electrons. The molecule has 0 atom stereocenters. The van der Waals surface area contributed by atoms with Gasteiger partial charge < -0.3 is 14.6 Å². The van der Waals surface area contributed by atoms with Gasteiger partial charge in [0.25, 0.3) is 5.56 Å². The van der Waals surface area contributed by atoms with Crippen LogP contribution in [0, 0.1) is 6.92 Å². The van der Waals surface area contributed by atoms with Gasteiger partial charge in [0.15, 0.2) is 5.78 Å². The molecule has 2 aromatic carbocycles. The Morgan fingerprint density at radius 1 is 1.00 bits per heavy atom. The van der Waals surface area contributed by atoms with Crippen LogP contribution in [0.5, 0.6) is 17.2 Å². The Morgan fingerprint density at radius 3 is 2.50 bits per heavy atom. The number of aliphatic hydroxyl groups is 1. The summed E-state index contributed by atoms with van der Waals surface area (Å²) in [5.41, 5.74) is 2.03. The molecule has 0 aliphatic rings. The number of benzene rings is 2. The van der Waals surface area contributed by atoms with Crippen LogP contribution >= 0.6 is 0 Å². The van der Waals surface area contributed by atoms with Gasteiger partial charge in [-0.15, -0.1) is 0 Å². The minimum Gasteiger partial charge on any atom is -0.497 e. The summed E-state index contributed by atoms with van der Waals surface area (Å²) in [6, 6.07) is 19.8. The zero-order valence-electron chi connectivity index (χ0n) is 21.0. The first kappa shape index (κ1) is 24.9. The highest BCUT2D eigenvalue weighted by Gasteiger charge is 2.24. The van der Waals surface area contributed by atoms with Crippen molar-refractivity contribution >= 4 is 16.7 Å². The minimum atomic E-state index is -0.423. The number of ketones is 1. The predicted octanol–water partition coefficient (Wildman–Crippen LogP) is 4.11. The molecule has 0 aliphatic carbocycles. The van der Waals surface area contributed by atoms with Crippen LogP contribution in [0.4, 0.5) is 0 Å². The summed E-state index contributed by atoms with van der Waals surface area (Å²) < 4.78 is 14.4. The number of aliphatic hydroxyl groups excluding tert-OH is 1. The smallest absolute Gasteiger partial charge is 0.282 e. The fourth-order valence-corrected chi connectivity index (χ4v) is 4.43. The maximum absolute atomic E-state index is 13.3. The van der Waals surface area contributed by atoms with Crippen LogP contribution in [0.25, 0.3) is 16.6 Å². The van der Waals surface area contributed by atoms with Gasteiger partial charge in [0.2, 0.25) is 0 Å². The summed E-state index contributed by atoms with van der Waals surface area (Å²) in [5, 5.41) is 10.4. The van der Waals surface area contributed by atoms with Crippen LogP contribution in [-0.2, 0) is 13.0 Å². The molecule has 0 saturated carbocycles. The van der Waals surface area contributed by atoms with E-state index in [1.54, 1.807) is 61.4 Å². The van der Waals surface area contributed by atoms with Gasteiger partial charge in [0.05, 0.1) is 44.1 Å². The molecule has 0 spiro atoms. The Balaban J connectivity index is 1.38. The fourth-order valence-electron chi connectivity index (χ4n) is 4.43. The van der Waals surface area contributed by atoms with Gasteiger partial charge in [-0.1, -0.05) is 18.2 Å². The van der Waals surface area contributed by atoms with Crippen molar-refractivity contribution in [2.24, 2.45) is 0 Å². The van der Waals surface area contributed by atoms with Gasteiger partial charge in [-0.3, -0.25) is 24.2 Å². The Hall–Kier alpha value is -4.76. The maximum Gasteiger partial charge on any atom is 0.282 e. The molecule has 0 fully saturated rings. The standard InChI is InChI=1S/C29H26N4O5/c1-19-28(29(36)33(32(19)14-15-34)21-6-4-3-5-7-21)26(35)16-20-8-9-23(18-31-20)38-27-12-13-30-25-17-22(37-2)10-11-24(25)27/h3-13,17-18,34H,14-16H2,1-2H3. The number of Topliss-reactive ketones (excluding diaryl/α,β-unsaturated/α-hetero) is 1. The molecule has 1 N–H and O–H groups in total. The second-order valence-electron chi connectivity index (χ2n) is 8.64. The number of methoxy groups -OCH3 is 1. The van der Waals surface area contributed by atoms with E-state index in [1.165, 1.54) is 4.68 Å². The third-order valence-electron chi connectivity index (χ3n) is 6.27. The Bertz CT molecular complexity index is 1660. The van der Waals surface area contributed by atoms with Crippen molar-refractivity contribution in [3.63, 3.8) is 0 Å². The molecule has 5 rings (SSSR count). The van der Waals surface area contributed by atoms with Gasteiger partial charge >= 0.3 is 0 Å². The van der Waals surface area contributed by atoms with Crippen molar-refractivity contribution in [2.75, 3.05) is 13.7 Å². The van der Waals surface area contributed by atoms with E-state index < -0.39 is 5.56 Å². The van der Waals surface area contributed by atoms with Crippen molar-refractivity contribution in [1.29, 1.82) is 0 Å². The topological polar surface area (TPSA) is 108 Å². The fraction of sp³-hybridized carbons (Fsp3) is 0.172. The van der Waals surface area contributed by atoms with E-state index >= 15 is 0 Å². The van der Waals surface area contributed by atoms with Crippen molar-refractivity contribution in [3.8, 4) is 22.9 Å². The van der Waals surface area contributed by atoms with E-state index in [-0.39, 0.29) is 30.9 Å². The van der Waals surface area contributed by atoms with E-state index in [0.717, 1.165) is 10.9 Å². The van der Waals surface area contributed by atoms with Gasteiger partial charge in [0, 0.05) is 29.0 Å². The van der Waals surface area contributed by atoms with Gasteiger partial charge in [-0.2, -0.15) is 0 Å². The number of ether oxygens (including phenoxy) is 2. The van der Waals surface area contributed by atoms with Crippen molar-refractivity contribution in [3.05, 3.63) is 106 Å². The molecule has 0 amide bonds. The van der Waals surface area contributed by atoms with Gasteiger partial charge in [0.1, 0.15) is 22.8 Å². The second-order valence-corrected chi connectivity index (χ2v) is 8.64.